The summed E-state index contributed by atoms with van der Waals surface area (Å²) in [6.07, 6.45) is 28.6. The van der Waals surface area contributed by atoms with Gasteiger partial charge in [-0.25, -0.2) is 0 Å². The van der Waals surface area contributed by atoms with Crippen LogP contribution in [0.1, 0.15) is 103 Å². The van der Waals surface area contributed by atoms with Crippen LogP contribution in [0, 0.1) is 12.3 Å². The molecule has 1 heteroatoms. The summed E-state index contributed by atoms with van der Waals surface area (Å²) in [7, 11) is 0. The van der Waals surface area contributed by atoms with Crippen LogP contribution in [-0.2, 0) is 0 Å². The average molecular weight is 307 g/mol. The molecule has 0 radical (unpaired) electrons. The van der Waals surface area contributed by atoms with Gasteiger partial charge in [0.05, 0.1) is 0 Å². The van der Waals surface area contributed by atoms with Crippen molar-refractivity contribution in [2.75, 3.05) is 0 Å². The third-order valence-corrected chi connectivity index (χ3v) is 4.21. The van der Waals surface area contributed by atoms with Gasteiger partial charge >= 0.3 is 0 Å². The van der Waals surface area contributed by atoms with Crippen LogP contribution in [-0.4, -0.2) is 11.2 Å². The highest BCUT2D eigenvalue weighted by Gasteiger charge is 1.94. The summed E-state index contributed by atoms with van der Waals surface area (Å²) in [5, 5.41) is 9.15. The number of allylic oxidation sites excluding steroid dienone is 1. The van der Waals surface area contributed by atoms with Crippen molar-refractivity contribution in [3.8, 4) is 12.3 Å². The lowest BCUT2D eigenvalue weighted by Gasteiger charge is -2.02. The van der Waals surface area contributed by atoms with Crippen LogP contribution in [0.5, 0.6) is 0 Å². The molecule has 0 aromatic heterocycles. The van der Waals surface area contributed by atoms with E-state index >= 15 is 0 Å². The zero-order chi connectivity index (χ0) is 16.3. The number of aliphatic hydroxyl groups is 1. The number of unbranched alkanes of at least 4 members (excludes halogenated alkanes) is 14. The molecule has 22 heavy (non-hydrogen) atoms. The Morgan fingerprint density at radius 2 is 1.18 bits per heavy atom. The van der Waals surface area contributed by atoms with E-state index in [4.69, 9.17) is 11.5 Å². The van der Waals surface area contributed by atoms with Gasteiger partial charge in [-0.3, -0.25) is 0 Å². The van der Waals surface area contributed by atoms with Gasteiger partial charge in [-0.2, -0.15) is 0 Å². The van der Waals surface area contributed by atoms with Crippen LogP contribution in [0.25, 0.3) is 0 Å². The van der Waals surface area contributed by atoms with Crippen molar-refractivity contribution >= 4 is 0 Å². The van der Waals surface area contributed by atoms with E-state index in [0.29, 0.717) is 0 Å². The number of hydrogen-bond donors (Lipinski definition) is 1. The monoisotopic (exact) mass is 306 g/mol. The Hall–Kier alpha value is -0.740. The van der Waals surface area contributed by atoms with E-state index in [-0.39, 0.29) is 0 Å². The molecule has 1 N–H and O–H groups in total. The SMILES string of the molecule is C#C[C@@H](O)/C=C/CCCCCCCCCCCCCCCC. The molecule has 0 amide bonds. The van der Waals surface area contributed by atoms with E-state index in [9.17, 15) is 0 Å². The first-order valence-electron chi connectivity index (χ1n) is 9.62. The maximum atomic E-state index is 9.15. The standard InChI is InChI=1S/C21H38O/c1-3-5-6-7-8-9-10-11-12-13-14-15-16-17-18-19-20-21(22)4-2/h2,19-22H,3,5-18H2,1H3/b20-19+/t21-/m1/s1. The lowest BCUT2D eigenvalue weighted by atomic mass is 10.0. The molecular formula is C21H38O. The Kier molecular flexibility index (Phi) is 17.7. The molecule has 0 saturated heterocycles. The van der Waals surface area contributed by atoms with Crippen molar-refractivity contribution in [2.45, 2.75) is 109 Å². The topological polar surface area (TPSA) is 20.2 Å². The van der Waals surface area contributed by atoms with Gasteiger partial charge in [-0.1, -0.05) is 102 Å². The second-order valence-electron chi connectivity index (χ2n) is 6.42. The number of hydrogen-bond acceptors (Lipinski definition) is 1. The highest BCUT2D eigenvalue weighted by molar-refractivity contribution is 5.05. The Labute approximate surface area is 139 Å². The fourth-order valence-corrected chi connectivity index (χ4v) is 2.74. The molecule has 0 bridgehead atoms. The molecule has 0 aromatic carbocycles. The largest absolute Gasteiger partial charge is 0.377 e. The van der Waals surface area contributed by atoms with Crippen molar-refractivity contribution in [3.05, 3.63) is 12.2 Å². The Morgan fingerprint density at radius 3 is 1.59 bits per heavy atom. The lowest BCUT2D eigenvalue weighted by Crippen LogP contribution is -1.95. The van der Waals surface area contributed by atoms with Gasteiger partial charge in [-0.15, -0.1) is 6.42 Å². The predicted molar refractivity (Wildman–Crippen MR) is 98.9 cm³/mol. The molecule has 0 rings (SSSR count). The Balaban J connectivity index is 3.06. The summed E-state index contributed by atoms with van der Waals surface area (Å²) in [5.74, 6) is 2.29. The minimum Gasteiger partial charge on any atom is -0.377 e. The molecular weight excluding hydrogens is 268 g/mol. The third-order valence-electron chi connectivity index (χ3n) is 4.21. The lowest BCUT2D eigenvalue weighted by molar-refractivity contribution is 0.280. The van der Waals surface area contributed by atoms with E-state index in [2.05, 4.69) is 12.8 Å². The molecule has 0 saturated carbocycles. The van der Waals surface area contributed by atoms with Crippen molar-refractivity contribution < 1.29 is 5.11 Å². The number of rotatable bonds is 16. The Morgan fingerprint density at radius 1 is 0.773 bits per heavy atom. The van der Waals surface area contributed by atoms with Gasteiger partial charge < -0.3 is 5.11 Å². The first kappa shape index (κ1) is 21.3. The minimum absolute atomic E-state index is 0.702. The van der Waals surface area contributed by atoms with Crippen LogP contribution >= 0.6 is 0 Å². The quantitative estimate of drug-likeness (QED) is 0.198. The molecule has 0 aliphatic carbocycles. The van der Waals surface area contributed by atoms with E-state index in [1.54, 1.807) is 6.08 Å². The molecule has 0 aromatic rings. The van der Waals surface area contributed by atoms with E-state index in [1.807, 2.05) is 6.08 Å². The van der Waals surface area contributed by atoms with E-state index in [0.717, 1.165) is 6.42 Å². The van der Waals surface area contributed by atoms with Crippen molar-refractivity contribution in [1.82, 2.24) is 0 Å². The third kappa shape index (κ3) is 17.3. The fraction of sp³-hybridized carbons (Fsp3) is 0.810. The highest BCUT2D eigenvalue weighted by atomic mass is 16.3. The summed E-state index contributed by atoms with van der Waals surface area (Å²) in [5.41, 5.74) is 0. The summed E-state index contributed by atoms with van der Waals surface area (Å²) in [6.45, 7) is 2.28. The van der Waals surface area contributed by atoms with Gasteiger partial charge in [0.15, 0.2) is 0 Å². The molecule has 0 aliphatic rings. The highest BCUT2D eigenvalue weighted by Crippen LogP contribution is 2.13. The van der Waals surface area contributed by atoms with Crippen LogP contribution < -0.4 is 0 Å². The van der Waals surface area contributed by atoms with Crippen molar-refractivity contribution in [1.29, 1.82) is 0 Å². The predicted octanol–water partition coefficient (Wildman–Crippen LogP) is 6.41. The molecule has 0 aliphatic heterocycles. The summed E-state index contributed by atoms with van der Waals surface area (Å²) >= 11 is 0. The van der Waals surface area contributed by atoms with E-state index in [1.165, 1.54) is 89.9 Å². The normalized spacial score (nSPS) is 12.6. The second-order valence-corrected chi connectivity index (χ2v) is 6.42. The molecule has 0 fully saturated rings. The number of aliphatic hydroxyl groups excluding tert-OH is 1. The second kappa shape index (κ2) is 18.3. The van der Waals surface area contributed by atoms with Gasteiger partial charge in [0, 0.05) is 0 Å². The molecule has 0 spiro atoms. The minimum atomic E-state index is -0.702. The number of terminal acetylenes is 1. The first-order valence-corrected chi connectivity index (χ1v) is 9.62. The maximum absolute atomic E-state index is 9.15. The van der Waals surface area contributed by atoms with Crippen molar-refractivity contribution in [2.24, 2.45) is 0 Å². The first-order chi connectivity index (χ1) is 10.8. The van der Waals surface area contributed by atoms with Crippen LogP contribution in [0.15, 0.2) is 12.2 Å². The molecule has 128 valence electrons. The Bertz CT molecular complexity index is 274. The van der Waals surface area contributed by atoms with E-state index < -0.39 is 6.10 Å². The van der Waals surface area contributed by atoms with Gasteiger partial charge in [0.1, 0.15) is 6.10 Å². The summed E-state index contributed by atoms with van der Waals surface area (Å²) in [6, 6.07) is 0. The van der Waals surface area contributed by atoms with Gasteiger partial charge in [0.2, 0.25) is 0 Å². The van der Waals surface area contributed by atoms with Crippen LogP contribution in [0.4, 0.5) is 0 Å². The van der Waals surface area contributed by atoms with Gasteiger partial charge in [0.25, 0.3) is 0 Å². The zero-order valence-electron chi connectivity index (χ0n) is 14.9. The zero-order valence-corrected chi connectivity index (χ0v) is 14.9. The fourth-order valence-electron chi connectivity index (χ4n) is 2.74. The summed E-state index contributed by atoms with van der Waals surface area (Å²) in [4.78, 5) is 0. The van der Waals surface area contributed by atoms with Crippen LogP contribution in [0.2, 0.25) is 0 Å². The molecule has 1 atom stereocenters. The van der Waals surface area contributed by atoms with Gasteiger partial charge in [-0.05, 0) is 18.9 Å². The summed E-state index contributed by atoms with van der Waals surface area (Å²) < 4.78 is 0. The average Bonchev–Trinajstić information content (AvgIpc) is 2.54. The smallest absolute Gasteiger partial charge is 0.133 e. The molecule has 0 unspecified atom stereocenters. The molecule has 0 heterocycles. The van der Waals surface area contributed by atoms with Crippen LogP contribution in [0.3, 0.4) is 0 Å². The molecule has 1 nitrogen and oxygen atoms in total. The van der Waals surface area contributed by atoms with Crippen molar-refractivity contribution in [3.63, 3.8) is 0 Å². The maximum Gasteiger partial charge on any atom is 0.133 e.